The Kier molecular flexibility index (Phi) is 3.42. The molecule has 0 N–H and O–H groups in total. The molecule has 0 amide bonds. The maximum absolute atomic E-state index is 5.87. The fourth-order valence-electron chi connectivity index (χ4n) is 2.94. The first-order chi connectivity index (χ1) is 11.6. The van der Waals surface area contributed by atoms with E-state index in [0.717, 1.165) is 39.4 Å². The molecule has 3 aromatic rings. The van der Waals surface area contributed by atoms with E-state index < -0.39 is 0 Å². The Morgan fingerprint density at radius 2 is 1.92 bits per heavy atom. The number of allylic oxidation sites excluding steroid dienone is 2. The quantitative estimate of drug-likeness (QED) is 0.627. The van der Waals surface area contributed by atoms with Crippen molar-refractivity contribution in [3.8, 4) is 11.5 Å². The van der Waals surface area contributed by atoms with Crippen LogP contribution in [0.2, 0.25) is 0 Å². The Balaban J connectivity index is 1.54. The third kappa shape index (κ3) is 2.69. The molecule has 0 unspecified atom stereocenters. The summed E-state index contributed by atoms with van der Waals surface area (Å²) in [7, 11) is 0. The van der Waals surface area contributed by atoms with Crippen molar-refractivity contribution in [1.29, 1.82) is 0 Å². The van der Waals surface area contributed by atoms with E-state index in [-0.39, 0.29) is 0 Å². The number of hydrogen-bond donors (Lipinski definition) is 0. The monoisotopic (exact) mass is 318 g/mol. The Morgan fingerprint density at radius 3 is 2.79 bits per heavy atom. The van der Waals surface area contributed by atoms with E-state index in [1.807, 2.05) is 49.4 Å². The number of aryl methyl sites for hydroxylation is 1. The predicted molar refractivity (Wildman–Crippen MR) is 95.1 cm³/mol. The fraction of sp³-hybridized carbons (Fsp3) is 0.143. The molecule has 0 bridgehead atoms. The van der Waals surface area contributed by atoms with Gasteiger partial charge in [-0.3, -0.25) is 0 Å². The topological polar surface area (TPSA) is 31.6 Å². The zero-order valence-electron chi connectivity index (χ0n) is 13.8. The first-order valence-corrected chi connectivity index (χ1v) is 7.90. The van der Waals surface area contributed by atoms with Crippen LogP contribution in [-0.2, 0) is 6.61 Å². The maximum atomic E-state index is 5.87. The number of hydrogen-bond acceptors (Lipinski definition) is 3. The van der Waals surface area contributed by atoms with E-state index in [0.29, 0.717) is 12.4 Å². The standard InChI is InChI=1S/C21H18O3/c1-13-4-7-20-16(8-13)10-18(24-20)12-22-17-5-6-19-14(2)9-15(3)23-21(19)11-17/h4-11H,3,12H2,1-2H3. The van der Waals surface area contributed by atoms with Crippen molar-refractivity contribution in [2.75, 3.05) is 0 Å². The Bertz CT molecular complexity index is 976. The van der Waals surface area contributed by atoms with E-state index in [1.54, 1.807) is 0 Å². The molecule has 2 heterocycles. The van der Waals surface area contributed by atoms with Crippen LogP contribution in [0.4, 0.5) is 0 Å². The number of ether oxygens (including phenoxy) is 2. The minimum Gasteiger partial charge on any atom is -0.486 e. The van der Waals surface area contributed by atoms with Crippen molar-refractivity contribution in [3.63, 3.8) is 0 Å². The zero-order valence-corrected chi connectivity index (χ0v) is 13.8. The molecule has 1 aromatic heterocycles. The molecule has 120 valence electrons. The van der Waals surface area contributed by atoms with Crippen LogP contribution in [0.25, 0.3) is 16.5 Å². The van der Waals surface area contributed by atoms with Gasteiger partial charge in [-0.1, -0.05) is 18.2 Å². The molecule has 3 heteroatoms. The summed E-state index contributed by atoms with van der Waals surface area (Å²) < 4.78 is 17.4. The van der Waals surface area contributed by atoms with Crippen molar-refractivity contribution in [2.24, 2.45) is 0 Å². The molecule has 1 aliphatic rings. The molecule has 4 rings (SSSR count). The summed E-state index contributed by atoms with van der Waals surface area (Å²) in [5.74, 6) is 2.96. The molecular weight excluding hydrogens is 300 g/mol. The van der Waals surface area contributed by atoms with Crippen LogP contribution in [-0.4, -0.2) is 0 Å². The third-order valence-corrected chi connectivity index (χ3v) is 4.10. The van der Waals surface area contributed by atoms with E-state index in [9.17, 15) is 0 Å². The third-order valence-electron chi connectivity index (χ3n) is 4.10. The number of benzene rings is 2. The lowest BCUT2D eigenvalue weighted by Crippen LogP contribution is -2.02. The molecule has 3 nitrogen and oxygen atoms in total. The highest BCUT2D eigenvalue weighted by Gasteiger charge is 2.14. The molecule has 1 aliphatic heterocycles. The highest BCUT2D eigenvalue weighted by Crippen LogP contribution is 2.35. The fourth-order valence-corrected chi connectivity index (χ4v) is 2.94. The smallest absolute Gasteiger partial charge is 0.146 e. The van der Waals surface area contributed by atoms with Gasteiger partial charge >= 0.3 is 0 Å². The lowest BCUT2D eigenvalue weighted by atomic mass is 10.0. The molecule has 24 heavy (non-hydrogen) atoms. The second-order valence-corrected chi connectivity index (χ2v) is 6.10. The van der Waals surface area contributed by atoms with Gasteiger partial charge in [0.1, 0.15) is 35.2 Å². The van der Waals surface area contributed by atoms with Crippen LogP contribution in [0, 0.1) is 6.92 Å². The van der Waals surface area contributed by atoms with E-state index in [4.69, 9.17) is 13.9 Å². The summed E-state index contributed by atoms with van der Waals surface area (Å²) in [4.78, 5) is 0. The maximum Gasteiger partial charge on any atom is 0.146 e. The molecule has 2 aromatic carbocycles. The minimum absolute atomic E-state index is 0.377. The molecule has 0 atom stereocenters. The lowest BCUT2D eigenvalue weighted by Gasteiger charge is -2.18. The van der Waals surface area contributed by atoms with Crippen LogP contribution < -0.4 is 9.47 Å². The SMILES string of the molecule is C=C1C=C(C)c2ccc(OCc3cc4cc(C)ccc4o3)cc2O1. The molecule has 0 fully saturated rings. The molecular formula is C21H18O3. The second kappa shape index (κ2) is 5.60. The van der Waals surface area contributed by atoms with E-state index >= 15 is 0 Å². The van der Waals surface area contributed by atoms with E-state index in [2.05, 4.69) is 19.6 Å². The highest BCUT2D eigenvalue weighted by molar-refractivity contribution is 5.78. The van der Waals surface area contributed by atoms with E-state index in [1.165, 1.54) is 5.56 Å². The Hall–Kier alpha value is -2.94. The van der Waals surface area contributed by atoms with Gasteiger partial charge in [0.05, 0.1) is 0 Å². The Morgan fingerprint density at radius 1 is 1.04 bits per heavy atom. The molecule has 0 aliphatic carbocycles. The van der Waals surface area contributed by atoms with Crippen LogP contribution in [0.1, 0.15) is 23.8 Å². The average molecular weight is 318 g/mol. The lowest BCUT2D eigenvalue weighted by molar-refractivity contribution is 0.273. The van der Waals surface area contributed by atoms with Gasteiger partial charge in [-0.15, -0.1) is 0 Å². The van der Waals surface area contributed by atoms with Gasteiger partial charge in [-0.25, -0.2) is 0 Å². The van der Waals surface area contributed by atoms with Crippen molar-refractivity contribution < 1.29 is 13.9 Å². The number of fused-ring (bicyclic) bond motifs is 2. The molecule has 0 spiro atoms. The first kappa shape index (κ1) is 14.6. The normalized spacial score (nSPS) is 13.4. The summed E-state index contributed by atoms with van der Waals surface area (Å²) in [6, 6.07) is 14.0. The van der Waals surface area contributed by atoms with Crippen molar-refractivity contribution in [2.45, 2.75) is 20.5 Å². The highest BCUT2D eigenvalue weighted by atomic mass is 16.5. The predicted octanol–water partition coefficient (Wildman–Crippen LogP) is 5.63. The van der Waals surface area contributed by atoms with Crippen molar-refractivity contribution >= 4 is 16.5 Å². The average Bonchev–Trinajstić information content (AvgIpc) is 2.94. The summed E-state index contributed by atoms with van der Waals surface area (Å²) in [5, 5.41) is 1.10. The van der Waals surface area contributed by atoms with Crippen LogP contribution in [0.5, 0.6) is 11.5 Å². The number of furan rings is 1. The van der Waals surface area contributed by atoms with Gasteiger partial charge in [0.25, 0.3) is 0 Å². The largest absolute Gasteiger partial charge is 0.486 e. The van der Waals surface area contributed by atoms with Gasteiger partial charge < -0.3 is 13.9 Å². The first-order valence-electron chi connectivity index (χ1n) is 7.90. The Labute approximate surface area is 140 Å². The minimum atomic E-state index is 0.377. The number of rotatable bonds is 3. The summed E-state index contributed by atoms with van der Waals surface area (Å²) >= 11 is 0. The molecule has 0 saturated heterocycles. The van der Waals surface area contributed by atoms with Gasteiger partial charge in [0.2, 0.25) is 0 Å². The van der Waals surface area contributed by atoms with Gasteiger partial charge in [-0.05, 0) is 55.8 Å². The van der Waals surface area contributed by atoms with Crippen LogP contribution >= 0.6 is 0 Å². The zero-order chi connectivity index (χ0) is 16.7. The second-order valence-electron chi connectivity index (χ2n) is 6.10. The molecule has 0 saturated carbocycles. The summed E-state index contributed by atoms with van der Waals surface area (Å²) in [6.45, 7) is 8.36. The summed E-state index contributed by atoms with van der Waals surface area (Å²) in [5.41, 5.74) is 4.30. The van der Waals surface area contributed by atoms with Gasteiger partial charge in [0, 0.05) is 17.0 Å². The van der Waals surface area contributed by atoms with Crippen molar-refractivity contribution in [3.05, 3.63) is 77.8 Å². The van der Waals surface area contributed by atoms with Gasteiger partial charge in [0.15, 0.2) is 0 Å². The molecule has 0 radical (unpaired) electrons. The van der Waals surface area contributed by atoms with Crippen LogP contribution in [0.15, 0.2) is 65.3 Å². The van der Waals surface area contributed by atoms with Gasteiger partial charge in [-0.2, -0.15) is 0 Å². The van der Waals surface area contributed by atoms with Crippen LogP contribution in [0.3, 0.4) is 0 Å². The van der Waals surface area contributed by atoms with Crippen molar-refractivity contribution in [1.82, 2.24) is 0 Å². The summed E-state index contributed by atoms with van der Waals surface area (Å²) in [6.07, 6.45) is 1.93.